The smallest absolute Gasteiger partial charge is 0.233 e. The van der Waals surface area contributed by atoms with E-state index in [-0.39, 0.29) is 23.5 Å². The van der Waals surface area contributed by atoms with E-state index >= 15 is 0 Å². The fraction of sp³-hybridized carbons (Fsp3) is 0.273. The molecule has 0 radical (unpaired) electrons. The van der Waals surface area contributed by atoms with Gasteiger partial charge in [-0.15, -0.1) is 10.2 Å². The summed E-state index contributed by atoms with van der Waals surface area (Å²) in [6.45, 7) is 1.75. The third kappa shape index (κ3) is 5.29. The van der Waals surface area contributed by atoms with Gasteiger partial charge in [-0.25, -0.2) is 13.4 Å². The zero-order chi connectivity index (χ0) is 21.8. The molecule has 2 unspecified atom stereocenters. The highest BCUT2D eigenvalue weighted by atomic mass is 32.2. The number of amides is 1. The van der Waals surface area contributed by atoms with Gasteiger partial charge in [-0.3, -0.25) is 4.79 Å². The molecule has 2 heterocycles. The molecular weight excluding hydrogens is 432 g/mol. The molecule has 1 fully saturated rings. The molecule has 9 heteroatoms. The van der Waals surface area contributed by atoms with Gasteiger partial charge in [0.2, 0.25) is 11.1 Å². The largest absolute Gasteiger partial charge is 0.351 e. The molecule has 0 aliphatic carbocycles. The predicted molar refractivity (Wildman–Crippen MR) is 121 cm³/mol. The number of benzene rings is 2. The Morgan fingerprint density at radius 1 is 1.00 bits per heavy atom. The van der Waals surface area contributed by atoms with Gasteiger partial charge in [-0.05, 0) is 13.3 Å². The Bertz CT molecular complexity index is 1170. The van der Waals surface area contributed by atoms with Gasteiger partial charge >= 0.3 is 0 Å². The fourth-order valence-electron chi connectivity index (χ4n) is 3.39. The van der Waals surface area contributed by atoms with Crippen LogP contribution in [0.5, 0.6) is 0 Å². The maximum Gasteiger partial charge on any atom is 0.233 e. The first-order valence-corrected chi connectivity index (χ1v) is 12.6. The lowest BCUT2D eigenvalue weighted by Crippen LogP contribution is -2.40. The molecule has 0 saturated carbocycles. The summed E-state index contributed by atoms with van der Waals surface area (Å²) < 4.78 is 23.2. The molecule has 3 aromatic rings. The molecule has 0 bridgehead atoms. The summed E-state index contributed by atoms with van der Waals surface area (Å²) >= 11 is 1.20. The molecule has 0 spiro atoms. The average Bonchev–Trinajstić information content (AvgIpc) is 3.13. The van der Waals surface area contributed by atoms with Crippen molar-refractivity contribution in [1.29, 1.82) is 0 Å². The molecule has 2 atom stereocenters. The topological polar surface area (TPSA) is 102 Å². The number of hydrogen-bond donors (Lipinski definition) is 1. The lowest BCUT2D eigenvalue weighted by molar-refractivity contribution is -0.120. The quantitative estimate of drug-likeness (QED) is 0.571. The number of rotatable bonds is 6. The van der Waals surface area contributed by atoms with E-state index in [1.165, 1.54) is 11.8 Å². The number of thioether (sulfide) groups is 1. The number of nitrogens with one attached hydrogen (secondary N) is 1. The van der Waals surface area contributed by atoms with Crippen molar-refractivity contribution in [3.05, 3.63) is 60.7 Å². The van der Waals surface area contributed by atoms with Crippen molar-refractivity contribution in [2.75, 3.05) is 11.5 Å². The van der Waals surface area contributed by atoms with Gasteiger partial charge in [0, 0.05) is 17.2 Å². The maximum absolute atomic E-state index is 12.6. The van der Waals surface area contributed by atoms with Crippen molar-refractivity contribution in [2.45, 2.75) is 29.8 Å². The molecule has 4 rings (SSSR count). The first-order valence-electron chi connectivity index (χ1n) is 9.94. The van der Waals surface area contributed by atoms with Crippen molar-refractivity contribution in [3.8, 4) is 22.5 Å². The van der Waals surface area contributed by atoms with Crippen LogP contribution in [0, 0.1) is 0 Å². The second-order valence-corrected chi connectivity index (χ2v) is 10.9. The number of carbonyl (C=O) groups is 1. The molecule has 1 amide bonds. The van der Waals surface area contributed by atoms with Crippen LogP contribution in [0.3, 0.4) is 0 Å². The minimum atomic E-state index is -3.05. The number of carbonyl (C=O) groups excluding carboxylic acids is 1. The fourth-order valence-corrected chi connectivity index (χ4v) is 5.78. The summed E-state index contributed by atoms with van der Waals surface area (Å²) in [5.74, 6) is -0.115. The Balaban J connectivity index is 1.56. The van der Waals surface area contributed by atoms with E-state index in [0.29, 0.717) is 23.0 Å². The van der Waals surface area contributed by atoms with Gasteiger partial charge in [0.15, 0.2) is 9.84 Å². The van der Waals surface area contributed by atoms with Gasteiger partial charge in [0.25, 0.3) is 0 Å². The van der Waals surface area contributed by atoms with Crippen LogP contribution >= 0.6 is 11.8 Å². The van der Waals surface area contributed by atoms with Crippen molar-refractivity contribution in [1.82, 2.24) is 20.5 Å². The first-order chi connectivity index (χ1) is 14.9. The van der Waals surface area contributed by atoms with E-state index in [4.69, 9.17) is 4.98 Å². The second-order valence-electron chi connectivity index (χ2n) is 7.39. The van der Waals surface area contributed by atoms with E-state index in [1.807, 2.05) is 60.7 Å². The molecular formula is C22H22N4O3S2. The van der Waals surface area contributed by atoms with Crippen LogP contribution in [-0.2, 0) is 14.6 Å². The highest BCUT2D eigenvalue weighted by Gasteiger charge is 2.30. The Morgan fingerprint density at radius 3 is 2.19 bits per heavy atom. The normalized spacial score (nSPS) is 18.4. The first kappa shape index (κ1) is 21.5. The van der Waals surface area contributed by atoms with Crippen molar-refractivity contribution < 1.29 is 13.2 Å². The number of nitrogens with zero attached hydrogens (tertiary/aromatic N) is 3. The minimum absolute atomic E-state index is 0.00187. The SMILES string of the molecule is CC(Sc1nnc(-c2ccccc2)c(-c2ccccc2)n1)C(=O)NC1CCS(=O)(=O)C1. The summed E-state index contributed by atoms with van der Waals surface area (Å²) in [6.07, 6.45) is 0.452. The van der Waals surface area contributed by atoms with Crippen LogP contribution in [0.2, 0.25) is 0 Å². The molecule has 1 saturated heterocycles. The van der Waals surface area contributed by atoms with Gasteiger partial charge in [0.1, 0.15) is 11.4 Å². The molecule has 1 aromatic heterocycles. The van der Waals surface area contributed by atoms with Gasteiger partial charge in [-0.1, -0.05) is 72.4 Å². The van der Waals surface area contributed by atoms with Gasteiger partial charge < -0.3 is 5.32 Å². The number of aromatic nitrogens is 3. The zero-order valence-electron chi connectivity index (χ0n) is 16.9. The highest BCUT2D eigenvalue weighted by molar-refractivity contribution is 8.00. The molecule has 31 heavy (non-hydrogen) atoms. The van der Waals surface area contributed by atoms with Crippen LogP contribution in [0.1, 0.15) is 13.3 Å². The zero-order valence-corrected chi connectivity index (χ0v) is 18.6. The van der Waals surface area contributed by atoms with E-state index in [2.05, 4.69) is 15.5 Å². The minimum Gasteiger partial charge on any atom is -0.351 e. The van der Waals surface area contributed by atoms with Crippen LogP contribution < -0.4 is 5.32 Å². The van der Waals surface area contributed by atoms with E-state index in [0.717, 1.165) is 11.1 Å². The molecule has 2 aromatic carbocycles. The van der Waals surface area contributed by atoms with Gasteiger partial charge in [0.05, 0.1) is 16.8 Å². The third-order valence-electron chi connectivity index (χ3n) is 4.99. The third-order valence-corrected chi connectivity index (χ3v) is 7.71. The standard InChI is InChI=1S/C22H22N4O3S2/c1-15(21(27)23-18-12-13-31(28,29)14-18)30-22-24-19(16-8-4-2-5-9-16)20(25-26-22)17-10-6-3-7-11-17/h2-11,15,18H,12-14H2,1H3,(H,23,27). The Morgan fingerprint density at radius 2 is 1.61 bits per heavy atom. The predicted octanol–water partition coefficient (Wildman–Crippen LogP) is 2.99. The summed E-state index contributed by atoms with van der Waals surface area (Å²) in [6, 6.07) is 19.1. The maximum atomic E-state index is 12.6. The van der Waals surface area contributed by atoms with Gasteiger partial charge in [-0.2, -0.15) is 0 Å². The lowest BCUT2D eigenvalue weighted by atomic mass is 10.0. The molecule has 1 N–H and O–H groups in total. The van der Waals surface area contributed by atoms with Crippen LogP contribution in [0.25, 0.3) is 22.5 Å². The molecule has 1 aliphatic heterocycles. The Hall–Kier alpha value is -2.78. The lowest BCUT2D eigenvalue weighted by Gasteiger charge is -2.15. The average molecular weight is 455 g/mol. The van der Waals surface area contributed by atoms with Crippen molar-refractivity contribution in [2.24, 2.45) is 0 Å². The number of sulfone groups is 1. The molecule has 1 aliphatic rings. The monoisotopic (exact) mass is 454 g/mol. The molecule has 7 nitrogen and oxygen atoms in total. The summed E-state index contributed by atoms with van der Waals surface area (Å²) in [4.78, 5) is 17.3. The van der Waals surface area contributed by atoms with Crippen LogP contribution in [0.15, 0.2) is 65.8 Å². The van der Waals surface area contributed by atoms with E-state index < -0.39 is 15.1 Å². The highest BCUT2D eigenvalue weighted by Crippen LogP contribution is 2.30. The van der Waals surface area contributed by atoms with Crippen LogP contribution in [0.4, 0.5) is 0 Å². The van der Waals surface area contributed by atoms with E-state index in [1.54, 1.807) is 6.92 Å². The van der Waals surface area contributed by atoms with Crippen molar-refractivity contribution >= 4 is 27.5 Å². The number of hydrogen-bond acceptors (Lipinski definition) is 7. The summed E-state index contributed by atoms with van der Waals surface area (Å²) in [5, 5.41) is 11.4. The van der Waals surface area contributed by atoms with Crippen molar-refractivity contribution in [3.63, 3.8) is 0 Å². The Labute approximate surface area is 185 Å². The van der Waals surface area contributed by atoms with E-state index in [9.17, 15) is 13.2 Å². The summed E-state index contributed by atoms with van der Waals surface area (Å²) in [7, 11) is -3.05. The summed E-state index contributed by atoms with van der Waals surface area (Å²) in [5.41, 5.74) is 3.18. The van der Waals surface area contributed by atoms with Crippen LogP contribution in [-0.4, -0.2) is 52.3 Å². The molecule has 160 valence electrons. The second kappa shape index (κ2) is 9.15. The Kier molecular flexibility index (Phi) is 6.33.